The minimum Gasteiger partial charge on any atom is -0.504 e. The number of hydrogen-bond donors (Lipinski definition) is 2. The maximum Gasteiger partial charge on any atom is 0.240 e. The molecule has 0 saturated heterocycles. The molecule has 1 aromatic heterocycles. The third-order valence-corrected chi connectivity index (χ3v) is 4.65. The number of benzene rings is 1. The highest BCUT2D eigenvalue weighted by atomic mass is 16.5. The summed E-state index contributed by atoms with van der Waals surface area (Å²) in [5, 5.41) is 13.5. The summed E-state index contributed by atoms with van der Waals surface area (Å²) in [6.45, 7) is 3.34. The van der Waals surface area contributed by atoms with Crippen molar-refractivity contribution in [3.63, 3.8) is 0 Å². The first-order chi connectivity index (χ1) is 12.6. The molecular weight excluding hydrogens is 330 g/mol. The molecular formula is C20H25N3O3. The first-order valence-corrected chi connectivity index (χ1v) is 8.99. The Morgan fingerprint density at radius 1 is 1.42 bits per heavy atom. The molecule has 26 heavy (non-hydrogen) atoms. The second-order valence-corrected chi connectivity index (χ2v) is 6.46. The number of fused-ring (bicyclic) bond motifs is 1. The van der Waals surface area contributed by atoms with Crippen LogP contribution in [0.15, 0.2) is 36.7 Å². The molecule has 0 radical (unpaired) electrons. The van der Waals surface area contributed by atoms with Crippen LogP contribution >= 0.6 is 0 Å². The molecule has 138 valence electrons. The first kappa shape index (κ1) is 18.2. The molecule has 3 rings (SSSR count). The number of aromatic hydroxyl groups is 1. The Bertz CT molecular complexity index is 764. The average Bonchev–Trinajstić information content (AvgIpc) is 2.89. The van der Waals surface area contributed by atoms with Crippen LogP contribution < -0.4 is 10.1 Å². The number of phenols is 1. The van der Waals surface area contributed by atoms with Crippen molar-refractivity contribution in [2.45, 2.75) is 32.4 Å². The van der Waals surface area contributed by atoms with E-state index in [0.717, 1.165) is 29.5 Å². The summed E-state index contributed by atoms with van der Waals surface area (Å²) in [5.41, 5.74) is 2.57. The van der Waals surface area contributed by atoms with E-state index in [1.165, 1.54) is 0 Å². The summed E-state index contributed by atoms with van der Waals surface area (Å²) in [6, 6.07) is 7.24. The Hall–Kier alpha value is -2.60. The fraction of sp³-hybridized carbons (Fsp3) is 0.400. The monoisotopic (exact) mass is 355 g/mol. The van der Waals surface area contributed by atoms with E-state index in [4.69, 9.17) is 4.74 Å². The van der Waals surface area contributed by atoms with Gasteiger partial charge in [-0.15, -0.1) is 0 Å². The quantitative estimate of drug-likeness (QED) is 0.862. The van der Waals surface area contributed by atoms with Crippen LogP contribution in [-0.2, 0) is 11.3 Å². The Labute approximate surface area is 153 Å². The summed E-state index contributed by atoms with van der Waals surface area (Å²) in [4.78, 5) is 18.8. The van der Waals surface area contributed by atoms with Gasteiger partial charge in [-0.05, 0) is 37.2 Å². The van der Waals surface area contributed by atoms with Crippen LogP contribution in [0.4, 0.5) is 0 Å². The van der Waals surface area contributed by atoms with Crippen molar-refractivity contribution in [1.82, 2.24) is 15.2 Å². The van der Waals surface area contributed by atoms with Gasteiger partial charge in [-0.3, -0.25) is 9.78 Å². The smallest absolute Gasteiger partial charge is 0.240 e. The second kappa shape index (κ2) is 8.19. The number of pyridine rings is 1. The first-order valence-electron chi connectivity index (χ1n) is 8.99. The third kappa shape index (κ3) is 3.80. The van der Waals surface area contributed by atoms with E-state index in [1.54, 1.807) is 23.4 Å². The number of carbonyl (C=O) groups is 1. The molecule has 1 aromatic carbocycles. The van der Waals surface area contributed by atoms with Crippen LogP contribution in [-0.4, -0.2) is 47.1 Å². The van der Waals surface area contributed by atoms with Gasteiger partial charge in [0.2, 0.25) is 5.91 Å². The number of hydrogen-bond acceptors (Lipinski definition) is 5. The molecule has 0 aliphatic carbocycles. The Kier molecular flexibility index (Phi) is 5.73. The van der Waals surface area contributed by atoms with E-state index in [2.05, 4.69) is 17.2 Å². The largest absolute Gasteiger partial charge is 0.504 e. The fourth-order valence-corrected chi connectivity index (χ4v) is 3.29. The third-order valence-electron chi connectivity index (χ3n) is 4.65. The highest BCUT2D eigenvalue weighted by molar-refractivity contribution is 5.82. The molecule has 1 amide bonds. The molecule has 0 fully saturated rings. The van der Waals surface area contributed by atoms with Crippen LogP contribution in [0.3, 0.4) is 0 Å². The van der Waals surface area contributed by atoms with E-state index >= 15 is 0 Å². The van der Waals surface area contributed by atoms with Gasteiger partial charge < -0.3 is 20.1 Å². The number of aromatic nitrogens is 1. The lowest BCUT2D eigenvalue weighted by molar-refractivity contribution is -0.134. The average molecular weight is 355 g/mol. The van der Waals surface area contributed by atoms with Gasteiger partial charge in [0.15, 0.2) is 11.5 Å². The lowest BCUT2D eigenvalue weighted by Crippen LogP contribution is -2.45. The molecule has 2 aromatic rings. The van der Waals surface area contributed by atoms with Gasteiger partial charge in [-0.2, -0.15) is 0 Å². The minimum absolute atomic E-state index is 0.0667. The van der Waals surface area contributed by atoms with Gasteiger partial charge in [0.25, 0.3) is 0 Å². The molecule has 0 unspecified atom stereocenters. The summed E-state index contributed by atoms with van der Waals surface area (Å²) >= 11 is 0. The van der Waals surface area contributed by atoms with E-state index in [9.17, 15) is 9.90 Å². The molecule has 1 aliphatic heterocycles. The predicted octanol–water partition coefficient (Wildman–Crippen LogP) is 2.56. The van der Waals surface area contributed by atoms with Gasteiger partial charge in [-0.25, -0.2) is 0 Å². The van der Waals surface area contributed by atoms with E-state index in [1.807, 2.05) is 25.2 Å². The Balaban J connectivity index is 1.91. The molecule has 0 saturated carbocycles. The normalized spacial score (nSPS) is 14.9. The van der Waals surface area contributed by atoms with Gasteiger partial charge in [0.1, 0.15) is 6.61 Å². The van der Waals surface area contributed by atoms with Gasteiger partial charge in [-0.1, -0.05) is 19.4 Å². The number of nitrogens with one attached hydrogen (secondary N) is 1. The molecule has 1 atom stereocenters. The number of ether oxygens (including phenoxy) is 1. The summed E-state index contributed by atoms with van der Waals surface area (Å²) in [7, 11) is 1.81. The van der Waals surface area contributed by atoms with Crippen molar-refractivity contribution in [1.29, 1.82) is 0 Å². The van der Waals surface area contributed by atoms with Crippen molar-refractivity contribution in [3.8, 4) is 22.6 Å². The number of likely N-dealkylation sites (N-methyl/N-ethyl adjacent to an activating group) is 1. The Morgan fingerprint density at radius 3 is 2.96 bits per heavy atom. The molecule has 2 heterocycles. The van der Waals surface area contributed by atoms with Gasteiger partial charge >= 0.3 is 0 Å². The van der Waals surface area contributed by atoms with Crippen LogP contribution in [0.25, 0.3) is 11.1 Å². The summed E-state index contributed by atoms with van der Waals surface area (Å²) < 4.78 is 5.74. The molecule has 0 bridgehead atoms. The highest BCUT2D eigenvalue weighted by Crippen LogP contribution is 2.37. The highest BCUT2D eigenvalue weighted by Gasteiger charge is 2.26. The number of amides is 1. The maximum absolute atomic E-state index is 12.9. The lowest BCUT2D eigenvalue weighted by atomic mass is 10.0. The summed E-state index contributed by atoms with van der Waals surface area (Å²) in [5.74, 6) is 0.621. The lowest BCUT2D eigenvalue weighted by Gasteiger charge is -2.25. The minimum atomic E-state index is -0.198. The van der Waals surface area contributed by atoms with Crippen molar-refractivity contribution < 1.29 is 14.6 Å². The van der Waals surface area contributed by atoms with Crippen molar-refractivity contribution in [2.75, 3.05) is 20.2 Å². The van der Waals surface area contributed by atoms with E-state index < -0.39 is 0 Å². The number of carbonyl (C=O) groups excluding carboxylic acids is 1. The zero-order valence-corrected chi connectivity index (χ0v) is 15.2. The summed E-state index contributed by atoms with van der Waals surface area (Å²) in [6.07, 6.45) is 5.19. The Morgan fingerprint density at radius 2 is 2.27 bits per heavy atom. The second-order valence-electron chi connectivity index (χ2n) is 6.46. The number of rotatable bonds is 5. The van der Waals surface area contributed by atoms with E-state index in [-0.39, 0.29) is 17.7 Å². The fourth-order valence-electron chi connectivity index (χ4n) is 3.29. The predicted molar refractivity (Wildman–Crippen MR) is 100 cm³/mol. The maximum atomic E-state index is 12.9. The number of phenolic OH excluding ortho intramolecular Hbond substituents is 1. The van der Waals surface area contributed by atoms with Crippen LogP contribution in [0.1, 0.15) is 25.3 Å². The molecule has 6 heteroatoms. The zero-order chi connectivity index (χ0) is 18.5. The molecule has 6 nitrogen and oxygen atoms in total. The molecule has 1 aliphatic rings. The van der Waals surface area contributed by atoms with Crippen LogP contribution in [0.5, 0.6) is 11.5 Å². The van der Waals surface area contributed by atoms with Crippen molar-refractivity contribution >= 4 is 5.91 Å². The number of nitrogens with zero attached hydrogens (tertiary/aromatic N) is 2. The van der Waals surface area contributed by atoms with Crippen LogP contribution in [0.2, 0.25) is 0 Å². The van der Waals surface area contributed by atoms with E-state index in [0.29, 0.717) is 25.4 Å². The standard InChI is InChI=1S/C20H25N3O3/c1-3-5-17(21-2)20(25)23-8-9-26-19-16(13-23)10-15(11-18(19)24)14-6-4-7-22-12-14/h4,6-7,10-12,17,21,24H,3,5,8-9,13H2,1-2H3/t17-/m0/s1. The van der Waals surface area contributed by atoms with Crippen molar-refractivity contribution in [3.05, 3.63) is 42.2 Å². The van der Waals surface area contributed by atoms with Gasteiger partial charge in [0, 0.05) is 30.1 Å². The molecule has 2 N–H and O–H groups in total. The molecule has 0 spiro atoms. The van der Waals surface area contributed by atoms with Crippen molar-refractivity contribution in [2.24, 2.45) is 0 Å². The van der Waals surface area contributed by atoms with Crippen LogP contribution in [0, 0.1) is 0 Å². The SMILES string of the molecule is CCC[C@H](NC)C(=O)N1CCOc2c(O)cc(-c3cccnc3)cc2C1. The zero-order valence-electron chi connectivity index (χ0n) is 15.2. The topological polar surface area (TPSA) is 74.7 Å². The van der Waals surface area contributed by atoms with Gasteiger partial charge in [0.05, 0.1) is 12.6 Å².